The molecule has 2 aliphatic heterocycles. The van der Waals surface area contributed by atoms with Gasteiger partial charge in [-0.15, -0.1) is 0 Å². The van der Waals surface area contributed by atoms with Crippen LogP contribution in [-0.2, 0) is 26.2 Å². The third-order valence-corrected chi connectivity index (χ3v) is 8.53. The second kappa shape index (κ2) is 11.7. The number of aromatic amines is 2. The summed E-state index contributed by atoms with van der Waals surface area (Å²) in [6, 6.07) is 10.0. The molecule has 1 aromatic carbocycles. The number of imidazole rings is 2. The Morgan fingerprint density at radius 2 is 1.42 bits per heavy atom. The molecule has 0 saturated carbocycles. The molecule has 7 heteroatoms. The first-order valence-electron chi connectivity index (χ1n) is 13.9. The summed E-state index contributed by atoms with van der Waals surface area (Å²) in [6.45, 7) is 13.2. The van der Waals surface area contributed by atoms with Gasteiger partial charge in [-0.1, -0.05) is 38.1 Å². The first kappa shape index (κ1) is 25.2. The van der Waals surface area contributed by atoms with E-state index in [1.54, 1.807) is 0 Å². The van der Waals surface area contributed by atoms with Crippen molar-refractivity contribution < 1.29 is 0 Å². The molecule has 0 aliphatic carbocycles. The van der Waals surface area contributed by atoms with Crippen LogP contribution in [0.1, 0.15) is 68.7 Å². The number of nitrogens with zero attached hydrogens (tertiary/aromatic N) is 5. The molecule has 1 spiro atoms. The number of rotatable bonds is 11. The van der Waals surface area contributed by atoms with E-state index in [2.05, 4.69) is 72.7 Å². The summed E-state index contributed by atoms with van der Waals surface area (Å²) < 4.78 is 0. The number of aromatic nitrogens is 4. The topological polar surface area (TPSA) is 67.1 Å². The van der Waals surface area contributed by atoms with Gasteiger partial charge in [0.1, 0.15) is 11.6 Å². The van der Waals surface area contributed by atoms with Crippen LogP contribution in [0.15, 0.2) is 49.1 Å². The minimum absolute atomic E-state index is 0.556. The van der Waals surface area contributed by atoms with E-state index in [4.69, 9.17) is 0 Å². The molecule has 4 heterocycles. The average molecular weight is 490 g/mol. The lowest BCUT2D eigenvalue weighted by Gasteiger charge is -2.42. The number of hydrogen-bond donors (Lipinski definition) is 2. The van der Waals surface area contributed by atoms with Crippen LogP contribution < -0.4 is 0 Å². The van der Waals surface area contributed by atoms with Gasteiger partial charge in [0.15, 0.2) is 0 Å². The van der Waals surface area contributed by atoms with E-state index < -0.39 is 0 Å². The minimum Gasteiger partial charge on any atom is -0.348 e. The molecule has 2 aliphatic rings. The van der Waals surface area contributed by atoms with Gasteiger partial charge >= 0.3 is 0 Å². The predicted molar refractivity (Wildman–Crippen MR) is 144 cm³/mol. The Morgan fingerprint density at radius 1 is 0.833 bits per heavy atom. The lowest BCUT2D eigenvalue weighted by atomic mass is 9.77. The van der Waals surface area contributed by atoms with Crippen LogP contribution in [0.4, 0.5) is 0 Å². The maximum absolute atomic E-state index is 4.42. The van der Waals surface area contributed by atoms with Crippen molar-refractivity contribution in [3.8, 4) is 0 Å². The Labute approximate surface area is 216 Å². The molecule has 194 valence electrons. The van der Waals surface area contributed by atoms with Gasteiger partial charge in [0, 0.05) is 50.5 Å². The summed E-state index contributed by atoms with van der Waals surface area (Å²) in [6.07, 6.45) is 14.1. The SMILES string of the molecule is CCC(CC)N1CCC2(CCN(Cc3ccc(CN(Cc4ncc[nH]4)Cc4ncc[nH]4)cc3)C2)CC1. The molecule has 0 amide bonds. The number of piperidine rings is 1. The van der Waals surface area contributed by atoms with Crippen molar-refractivity contribution in [3.63, 3.8) is 0 Å². The van der Waals surface area contributed by atoms with E-state index in [1.165, 1.54) is 69.4 Å². The Morgan fingerprint density at radius 3 is 1.97 bits per heavy atom. The minimum atomic E-state index is 0.556. The average Bonchev–Trinajstić information content (AvgIpc) is 3.67. The molecule has 2 fully saturated rings. The zero-order valence-electron chi connectivity index (χ0n) is 22.1. The molecule has 0 bridgehead atoms. The number of benzene rings is 1. The maximum atomic E-state index is 4.42. The van der Waals surface area contributed by atoms with Gasteiger partial charge in [0.25, 0.3) is 0 Å². The van der Waals surface area contributed by atoms with Crippen LogP contribution in [0.5, 0.6) is 0 Å². The molecule has 0 radical (unpaired) electrons. The number of likely N-dealkylation sites (tertiary alicyclic amines) is 2. The zero-order valence-corrected chi connectivity index (χ0v) is 22.1. The summed E-state index contributed by atoms with van der Waals surface area (Å²) in [5.74, 6) is 1.96. The Hall–Kier alpha value is -2.48. The highest BCUT2D eigenvalue weighted by molar-refractivity contribution is 5.23. The molecule has 2 saturated heterocycles. The fourth-order valence-electron chi connectivity index (χ4n) is 6.37. The van der Waals surface area contributed by atoms with Gasteiger partial charge in [-0.3, -0.25) is 9.80 Å². The smallest absolute Gasteiger partial charge is 0.120 e. The van der Waals surface area contributed by atoms with Crippen LogP contribution in [0, 0.1) is 5.41 Å². The van der Waals surface area contributed by atoms with Crippen LogP contribution in [0.2, 0.25) is 0 Å². The maximum Gasteiger partial charge on any atom is 0.120 e. The van der Waals surface area contributed by atoms with Crippen molar-refractivity contribution >= 4 is 0 Å². The molecular formula is C29H43N7. The first-order chi connectivity index (χ1) is 17.6. The fourth-order valence-corrected chi connectivity index (χ4v) is 6.37. The fraction of sp³-hybridized carbons (Fsp3) is 0.586. The lowest BCUT2D eigenvalue weighted by molar-refractivity contribution is 0.0724. The first-order valence-corrected chi connectivity index (χ1v) is 13.9. The summed E-state index contributed by atoms with van der Waals surface area (Å²) in [5.41, 5.74) is 3.30. The molecule has 0 atom stereocenters. The number of nitrogens with one attached hydrogen (secondary N) is 2. The second-order valence-corrected chi connectivity index (χ2v) is 11.0. The molecule has 3 aromatic rings. The summed E-state index contributed by atoms with van der Waals surface area (Å²) >= 11 is 0. The van der Waals surface area contributed by atoms with Crippen LogP contribution in [-0.4, -0.2) is 66.9 Å². The largest absolute Gasteiger partial charge is 0.348 e. The Balaban J connectivity index is 1.14. The molecule has 2 aromatic heterocycles. The summed E-state index contributed by atoms with van der Waals surface area (Å²) in [4.78, 5) is 23.1. The van der Waals surface area contributed by atoms with Crippen molar-refractivity contribution in [1.29, 1.82) is 0 Å². The van der Waals surface area contributed by atoms with Crippen molar-refractivity contribution in [3.05, 3.63) is 71.8 Å². The van der Waals surface area contributed by atoms with Crippen molar-refractivity contribution in [1.82, 2.24) is 34.6 Å². The Bertz CT molecular complexity index is 980. The zero-order chi connectivity index (χ0) is 24.8. The highest BCUT2D eigenvalue weighted by Gasteiger charge is 2.41. The highest BCUT2D eigenvalue weighted by Crippen LogP contribution is 2.41. The van der Waals surface area contributed by atoms with E-state index in [-0.39, 0.29) is 0 Å². The van der Waals surface area contributed by atoms with Crippen LogP contribution in [0.25, 0.3) is 0 Å². The third kappa shape index (κ3) is 6.25. The predicted octanol–water partition coefficient (Wildman–Crippen LogP) is 4.81. The second-order valence-electron chi connectivity index (χ2n) is 11.0. The molecule has 5 rings (SSSR count). The van der Waals surface area contributed by atoms with Gasteiger partial charge in [0.05, 0.1) is 13.1 Å². The number of H-pyrrole nitrogens is 2. The monoisotopic (exact) mass is 489 g/mol. The Kier molecular flexibility index (Phi) is 8.19. The van der Waals surface area contributed by atoms with E-state index in [0.29, 0.717) is 5.41 Å². The molecular weight excluding hydrogens is 446 g/mol. The lowest BCUT2D eigenvalue weighted by Crippen LogP contribution is -2.45. The van der Waals surface area contributed by atoms with E-state index in [0.717, 1.165) is 43.9 Å². The summed E-state index contributed by atoms with van der Waals surface area (Å²) in [5, 5.41) is 0. The third-order valence-electron chi connectivity index (χ3n) is 8.53. The van der Waals surface area contributed by atoms with Crippen molar-refractivity contribution in [2.45, 2.75) is 78.2 Å². The van der Waals surface area contributed by atoms with Gasteiger partial charge in [0.2, 0.25) is 0 Å². The molecule has 7 nitrogen and oxygen atoms in total. The van der Waals surface area contributed by atoms with Gasteiger partial charge in [-0.2, -0.15) is 0 Å². The molecule has 2 N–H and O–H groups in total. The molecule has 36 heavy (non-hydrogen) atoms. The van der Waals surface area contributed by atoms with Crippen molar-refractivity contribution in [2.75, 3.05) is 26.2 Å². The quantitative estimate of drug-likeness (QED) is 0.405. The summed E-state index contributed by atoms with van der Waals surface area (Å²) in [7, 11) is 0. The van der Waals surface area contributed by atoms with Crippen LogP contribution in [0.3, 0.4) is 0 Å². The van der Waals surface area contributed by atoms with Crippen molar-refractivity contribution in [2.24, 2.45) is 5.41 Å². The standard InChI is InChI=1S/C29H43N7/c1-3-26(4-2)36-17-10-29(11-18-36)9-16-34(23-29)19-24-5-7-25(8-6-24)20-35(21-27-30-12-13-31-27)22-28-32-14-15-33-28/h5-8,12-15,26H,3-4,9-11,16-23H2,1-2H3,(H,30,31)(H,32,33). The van der Waals surface area contributed by atoms with E-state index in [1.807, 2.05) is 24.8 Å². The normalized spacial score (nSPS) is 18.7. The van der Waals surface area contributed by atoms with E-state index in [9.17, 15) is 0 Å². The van der Waals surface area contributed by atoms with Crippen LogP contribution >= 0.6 is 0 Å². The number of hydrogen-bond acceptors (Lipinski definition) is 5. The highest BCUT2D eigenvalue weighted by atomic mass is 15.2. The van der Waals surface area contributed by atoms with Gasteiger partial charge in [-0.25, -0.2) is 9.97 Å². The van der Waals surface area contributed by atoms with Gasteiger partial charge < -0.3 is 14.9 Å². The van der Waals surface area contributed by atoms with Gasteiger partial charge in [-0.05, 0) is 68.3 Å². The molecule has 0 unspecified atom stereocenters. The van der Waals surface area contributed by atoms with E-state index >= 15 is 0 Å².